The first-order valence-corrected chi connectivity index (χ1v) is 11.6. The number of nitrogens with zero attached hydrogens (tertiary/aromatic N) is 4. The van der Waals surface area contributed by atoms with Gasteiger partial charge in [0.15, 0.2) is 0 Å². The molecule has 1 unspecified atom stereocenters. The number of carbonyl (C=O) groups excluding carboxylic acids is 2. The number of hydrogen-bond donors (Lipinski definition) is 1. The Balaban J connectivity index is 1.40. The summed E-state index contributed by atoms with van der Waals surface area (Å²) in [7, 11) is 2.05. The van der Waals surface area contributed by atoms with Crippen molar-refractivity contribution in [1.82, 2.24) is 14.5 Å². The number of carbonyl (C=O) groups is 2. The maximum atomic E-state index is 13.4. The fourth-order valence-corrected chi connectivity index (χ4v) is 5.42. The van der Waals surface area contributed by atoms with Gasteiger partial charge in [-0.2, -0.15) is 0 Å². The summed E-state index contributed by atoms with van der Waals surface area (Å²) in [6.45, 7) is 1.20. The van der Waals surface area contributed by atoms with Gasteiger partial charge in [0.25, 0.3) is 5.91 Å². The third kappa shape index (κ3) is 3.15. The van der Waals surface area contributed by atoms with Gasteiger partial charge in [-0.05, 0) is 42.3 Å². The summed E-state index contributed by atoms with van der Waals surface area (Å²) in [6.07, 6.45) is 4.24. The molecule has 4 heterocycles. The van der Waals surface area contributed by atoms with Crippen molar-refractivity contribution in [2.24, 2.45) is 0 Å². The van der Waals surface area contributed by atoms with Crippen LogP contribution < -0.4 is 10.2 Å². The van der Waals surface area contributed by atoms with Crippen LogP contribution in [0.3, 0.4) is 0 Å². The first-order chi connectivity index (χ1) is 16.6. The van der Waals surface area contributed by atoms with E-state index in [0.717, 1.165) is 34.6 Å². The largest absolute Gasteiger partial charge is 0.349 e. The molecule has 1 N–H and O–H groups in total. The van der Waals surface area contributed by atoms with E-state index in [1.165, 1.54) is 10.9 Å². The van der Waals surface area contributed by atoms with E-state index < -0.39 is 0 Å². The van der Waals surface area contributed by atoms with Gasteiger partial charge in [0.2, 0.25) is 5.91 Å². The highest BCUT2D eigenvalue weighted by atomic mass is 16.2. The molecule has 170 valence electrons. The van der Waals surface area contributed by atoms with Crippen molar-refractivity contribution in [2.75, 3.05) is 23.8 Å². The van der Waals surface area contributed by atoms with E-state index in [2.05, 4.69) is 45.0 Å². The van der Waals surface area contributed by atoms with Gasteiger partial charge >= 0.3 is 0 Å². The molecule has 0 spiro atoms. The van der Waals surface area contributed by atoms with Crippen LogP contribution in [0.25, 0.3) is 10.9 Å². The highest BCUT2D eigenvalue weighted by Crippen LogP contribution is 2.44. The van der Waals surface area contributed by atoms with Gasteiger partial charge in [-0.3, -0.25) is 14.6 Å². The molecule has 2 aromatic heterocycles. The van der Waals surface area contributed by atoms with Crippen molar-refractivity contribution in [1.29, 1.82) is 0 Å². The second-order valence-corrected chi connectivity index (χ2v) is 8.82. The number of nitrogens with one attached hydrogen (secondary N) is 1. The van der Waals surface area contributed by atoms with E-state index in [1.54, 1.807) is 24.5 Å². The Bertz CT molecular complexity index is 1410. The van der Waals surface area contributed by atoms with Crippen molar-refractivity contribution in [3.8, 4) is 0 Å². The molecule has 2 aromatic carbocycles. The van der Waals surface area contributed by atoms with Crippen molar-refractivity contribution in [3.63, 3.8) is 0 Å². The van der Waals surface area contributed by atoms with Crippen LogP contribution >= 0.6 is 0 Å². The third-order valence-electron chi connectivity index (χ3n) is 6.93. The molecule has 6 rings (SSSR count). The highest BCUT2D eigenvalue weighted by molar-refractivity contribution is 6.02. The average molecular weight is 452 g/mol. The third-order valence-corrected chi connectivity index (χ3v) is 6.93. The molecule has 0 saturated heterocycles. The molecule has 1 atom stereocenters. The SMILES string of the molecule is CN1c2ccccc2C(=O)N2CCc3c(n(CCC(=O)Nc4ccncc4)c4ccccc34)C21. The standard InChI is InChI=1S/C27H25N5O2/c1-30-22-8-4-3-7-21(22)27(34)32-16-12-20-19-6-2-5-9-23(19)31(25(20)26(30)32)17-13-24(33)29-18-10-14-28-15-11-18/h2-11,14-15,26H,12-13,16-17H2,1H3,(H,28,29,33). The Hall–Kier alpha value is -4.13. The maximum Gasteiger partial charge on any atom is 0.257 e. The Morgan fingerprint density at radius 1 is 1.06 bits per heavy atom. The van der Waals surface area contributed by atoms with Crippen LogP contribution in [-0.2, 0) is 17.8 Å². The fraction of sp³-hybridized carbons (Fsp3) is 0.222. The van der Waals surface area contributed by atoms with Crippen LogP contribution in [0.4, 0.5) is 11.4 Å². The van der Waals surface area contributed by atoms with Gasteiger partial charge in [0.05, 0.1) is 16.9 Å². The molecular formula is C27H25N5O2. The van der Waals surface area contributed by atoms with E-state index >= 15 is 0 Å². The second kappa shape index (κ2) is 8.02. The minimum Gasteiger partial charge on any atom is -0.349 e. The number of anilines is 2. The number of rotatable bonds is 4. The lowest BCUT2D eigenvalue weighted by Crippen LogP contribution is -2.51. The van der Waals surface area contributed by atoms with E-state index in [-0.39, 0.29) is 18.0 Å². The number of hydrogen-bond acceptors (Lipinski definition) is 4. The van der Waals surface area contributed by atoms with Gasteiger partial charge in [-0.25, -0.2) is 0 Å². The molecular weight excluding hydrogens is 426 g/mol. The molecule has 0 bridgehead atoms. The summed E-state index contributed by atoms with van der Waals surface area (Å²) in [5.74, 6) is 0.0143. The summed E-state index contributed by atoms with van der Waals surface area (Å²) in [5.41, 5.74) is 5.89. The topological polar surface area (TPSA) is 70.5 Å². The van der Waals surface area contributed by atoms with E-state index in [9.17, 15) is 9.59 Å². The van der Waals surface area contributed by atoms with Crippen LogP contribution in [0.5, 0.6) is 0 Å². The monoisotopic (exact) mass is 451 g/mol. The molecule has 0 radical (unpaired) electrons. The van der Waals surface area contributed by atoms with E-state index in [1.807, 2.05) is 35.2 Å². The molecule has 7 nitrogen and oxygen atoms in total. The number of aromatic nitrogens is 2. The fourth-order valence-electron chi connectivity index (χ4n) is 5.42. The first-order valence-electron chi connectivity index (χ1n) is 11.6. The molecule has 34 heavy (non-hydrogen) atoms. The Morgan fingerprint density at radius 3 is 2.68 bits per heavy atom. The maximum absolute atomic E-state index is 13.4. The van der Waals surface area contributed by atoms with Crippen LogP contribution in [0.1, 0.15) is 34.2 Å². The molecule has 7 heteroatoms. The minimum absolute atomic E-state index is 0.0520. The number of benzene rings is 2. The van der Waals surface area contributed by atoms with Crippen LogP contribution in [0.2, 0.25) is 0 Å². The van der Waals surface area contributed by atoms with Gasteiger partial charge < -0.3 is 19.7 Å². The summed E-state index contributed by atoms with van der Waals surface area (Å²) in [6, 6.07) is 19.7. The normalized spacial score (nSPS) is 16.7. The van der Waals surface area contributed by atoms with Crippen LogP contribution in [-0.4, -0.2) is 39.9 Å². The molecule has 2 aliphatic rings. The predicted octanol–water partition coefficient (Wildman–Crippen LogP) is 4.21. The predicted molar refractivity (Wildman–Crippen MR) is 132 cm³/mol. The lowest BCUT2D eigenvalue weighted by atomic mass is 9.96. The quantitative estimate of drug-likeness (QED) is 0.505. The Morgan fingerprint density at radius 2 is 1.82 bits per heavy atom. The average Bonchev–Trinajstić information content (AvgIpc) is 3.20. The Kier molecular flexibility index (Phi) is 4.83. The Labute approximate surface area is 197 Å². The zero-order chi connectivity index (χ0) is 23.2. The zero-order valence-corrected chi connectivity index (χ0v) is 18.9. The van der Waals surface area contributed by atoms with Crippen molar-refractivity contribution in [2.45, 2.75) is 25.6 Å². The van der Waals surface area contributed by atoms with Crippen LogP contribution in [0.15, 0.2) is 73.1 Å². The number of para-hydroxylation sites is 2. The minimum atomic E-state index is -0.207. The van der Waals surface area contributed by atoms with Crippen molar-refractivity contribution in [3.05, 3.63) is 89.9 Å². The van der Waals surface area contributed by atoms with Crippen molar-refractivity contribution >= 4 is 34.1 Å². The highest BCUT2D eigenvalue weighted by Gasteiger charge is 2.42. The number of aryl methyl sites for hydroxylation is 1. The van der Waals surface area contributed by atoms with Gasteiger partial charge in [-0.1, -0.05) is 30.3 Å². The van der Waals surface area contributed by atoms with Crippen LogP contribution in [0, 0.1) is 0 Å². The molecule has 2 aliphatic heterocycles. The number of fused-ring (bicyclic) bond motifs is 6. The van der Waals surface area contributed by atoms with E-state index in [0.29, 0.717) is 19.5 Å². The first kappa shape index (κ1) is 20.5. The molecule has 0 aliphatic carbocycles. The number of pyridine rings is 1. The summed E-state index contributed by atoms with van der Waals surface area (Å²) < 4.78 is 2.24. The molecule has 0 fully saturated rings. The molecule has 0 saturated carbocycles. The smallest absolute Gasteiger partial charge is 0.257 e. The summed E-state index contributed by atoms with van der Waals surface area (Å²) in [4.78, 5) is 34.3. The summed E-state index contributed by atoms with van der Waals surface area (Å²) >= 11 is 0. The lowest BCUT2D eigenvalue weighted by molar-refractivity contribution is -0.116. The van der Waals surface area contributed by atoms with E-state index in [4.69, 9.17) is 0 Å². The van der Waals surface area contributed by atoms with Gasteiger partial charge in [-0.15, -0.1) is 0 Å². The summed E-state index contributed by atoms with van der Waals surface area (Å²) in [5, 5.41) is 4.15. The molecule has 4 aromatic rings. The zero-order valence-electron chi connectivity index (χ0n) is 18.9. The number of amides is 2. The molecule has 2 amide bonds. The van der Waals surface area contributed by atoms with Gasteiger partial charge in [0.1, 0.15) is 6.17 Å². The van der Waals surface area contributed by atoms with Crippen molar-refractivity contribution < 1.29 is 9.59 Å². The lowest BCUT2D eigenvalue weighted by Gasteiger charge is -2.46. The second-order valence-electron chi connectivity index (χ2n) is 8.82. The van der Waals surface area contributed by atoms with Gasteiger partial charge in [0, 0.05) is 55.5 Å².